The molecule has 7 nitrogen and oxygen atoms in total. The fourth-order valence-corrected chi connectivity index (χ4v) is 6.20. The van der Waals surface area contributed by atoms with Crippen LogP contribution in [0, 0.1) is 0 Å². The molecule has 6 rings (SSSR count). The average molecular weight is 501 g/mol. The third-order valence-corrected chi connectivity index (χ3v) is 8.16. The van der Waals surface area contributed by atoms with Crippen molar-refractivity contribution in [2.45, 2.75) is 43.8 Å². The molecule has 0 aliphatic heterocycles. The van der Waals surface area contributed by atoms with Crippen LogP contribution in [0.3, 0.4) is 0 Å². The SMILES string of the molecule is O=C(CSc1nnc2c3ccccc3n(CCc3ccccc3)c2n1)Nc1nc2c(s1)CCCC2. The highest BCUT2D eigenvalue weighted by molar-refractivity contribution is 7.99. The number of aromatic nitrogens is 5. The third kappa shape index (κ3) is 4.66. The van der Waals surface area contributed by atoms with Crippen LogP contribution in [-0.2, 0) is 30.6 Å². The molecule has 0 unspecified atom stereocenters. The van der Waals surface area contributed by atoms with Crippen LogP contribution < -0.4 is 5.32 Å². The van der Waals surface area contributed by atoms with E-state index in [2.05, 4.69) is 61.5 Å². The van der Waals surface area contributed by atoms with Crippen LogP contribution >= 0.6 is 23.1 Å². The molecule has 0 bridgehead atoms. The van der Waals surface area contributed by atoms with E-state index in [1.54, 1.807) is 11.3 Å². The number of nitrogens with one attached hydrogen (secondary N) is 1. The van der Waals surface area contributed by atoms with Crippen molar-refractivity contribution in [2.24, 2.45) is 0 Å². The maximum absolute atomic E-state index is 12.6. The van der Waals surface area contributed by atoms with Gasteiger partial charge in [-0.2, -0.15) is 0 Å². The zero-order valence-electron chi connectivity index (χ0n) is 19.1. The van der Waals surface area contributed by atoms with Gasteiger partial charge in [0.2, 0.25) is 11.1 Å². The van der Waals surface area contributed by atoms with Gasteiger partial charge in [0.25, 0.3) is 0 Å². The van der Waals surface area contributed by atoms with Gasteiger partial charge in [-0.3, -0.25) is 4.79 Å². The minimum absolute atomic E-state index is 0.102. The molecule has 1 amide bonds. The fraction of sp³-hybridized carbons (Fsp3) is 0.269. The molecule has 3 aromatic heterocycles. The lowest BCUT2D eigenvalue weighted by molar-refractivity contribution is -0.113. The van der Waals surface area contributed by atoms with Gasteiger partial charge in [0, 0.05) is 16.8 Å². The van der Waals surface area contributed by atoms with Crippen LogP contribution in [0.25, 0.3) is 22.1 Å². The number of aryl methyl sites for hydroxylation is 4. The summed E-state index contributed by atoms with van der Waals surface area (Å²) in [5.41, 5.74) is 5.09. The van der Waals surface area contributed by atoms with Crippen molar-refractivity contribution in [3.05, 3.63) is 70.7 Å². The monoisotopic (exact) mass is 500 g/mol. The van der Waals surface area contributed by atoms with Crippen LogP contribution in [0.5, 0.6) is 0 Å². The lowest BCUT2D eigenvalue weighted by Crippen LogP contribution is -2.14. The Morgan fingerprint density at radius 1 is 1.00 bits per heavy atom. The number of thiazole rings is 1. The predicted molar refractivity (Wildman–Crippen MR) is 141 cm³/mol. The van der Waals surface area contributed by atoms with Crippen LogP contribution in [0.15, 0.2) is 59.8 Å². The molecule has 0 fully saturated rings. The number of para-hydroxylation sites is 1. The van der Waals surface area contributed by atoms with Crippen molar-refractivity contribution in [2.75, 3.05) is 11.1 Å². The number of benzene rings is 2. The molecule has 1 aliphatic rings. The second kappa shape index (κ2) is 9.75. The maximum atomic E-state index is 12.6. The second-order valence-corrected chi connectivity index (χ2v) is 10.6. The Hall–Kier alpha value is -3.30. The van der Waals surface area contributed by atoms with Crippen LogP contribution in [-0.4, -0.2) is 36.4 Å². The lowest BCUT2D eigenvalue weighted by atomic mass is 10.0. The van der Waals surface area contributed by atoms with E-state index in [1.807, 2.05) is 18.2 Å². The number of anilines is 1. The molecule has 0 spiro atoms. The average Bonchev–Trinajstić information content (AvgIpc) is 3.44. The molecule has 0 radical (unpaired) electrons. The highest BCUT2D eigenvalue weighted by Gasteiger charge is 2.18. The first kappa shape index (κ1) is 22.2. The van der Waals surface area contributed by atoms with E-state index in [9.17, 15) is 4.79 Å². The largest absolute Gasteiger partial charge is 0.323 e. The van der Waals surface area contributed by atoms with Crippen LogP contribution in [0.1, 0.15) is 29.0 Å². The molecular formula is C26H24N6OS2. The van der Waals surface area contributed by atoms with Crippen molar-refractivity contribution in [1.82, 2.24) is 24.7 Å². The van der Waals surface area contributed by atoms with Crippen LogP contribution in [0.4, 0.5) is 5.13 Å². The van der Waals surface area contributed by atoms with Gasteiger partial charge >= 0.3 is 0 Å². The quantitative estimate of drug-likeness (QED) is 0.306. The molecule has 176 valence electrons. The normalized spacial score (nSPS) is 13.3. The number of hydrogen-bond acceptors (Lipinski definition) is 7. The molecule has 2 aromatic carbocycles. The summed E-state index contributed by atoms with van der Waals surface area (Å²) in [5.74, 6) is 0.108. The van der Waals surface area contributed by atoms with Crippen molar-refractivity contribution in [1.29, 1.82) is 0 Å². The topological polar surface area (TPSA) is 85.6 Å². The van der Waals surface area contributed by atoms with Gasteiger partial charge < -0.3 is 9.88 Å². The minimum Gasteiger partial charge on any atom is -0.323 e. The van der Waals surface area contributed by atoms with Gasteiger partial charge in [0.05, 0.1) is 17.0 Å². The second-order valence-electron chi connectivity index (χ2n) is 8.60. The number of rotatable bonds is 7. The highest BCUT2D eigenvalue weighted by atomic mass is 32.2. The molecule has 1 aliphatic carbocycles. The van der Waals surface area contributed by atoms with E-state index >= 15 is 0 Å². The summed E-state index contributed by atoms with van der Waals surface area (Å²) in [5, 5.41) is 14.0. The van der Waals surface area contributed by atoms with Gasteiger partial charge in [0.15, 0.2) is 10.8 Å². The number of nitrogens with zero attached hydrogens (tertiary/aromatic N) is 5. The maximum Gasteiger partial charge on any atom is 0.236 e. The summed E-state index contributed by atoms with van der Waals surface area (Å²) in [6.07, 6.45) is 5.34. The Morgan fingerprint density at radius 2 is 1.83 bits per heavy atom. The van der Waals surface area contributed by atoms with Crippen LogP contribution in [0.2, 0.25) is 0 Å². The Kier molecular flexibility index (Phi) is 6.18. The Bertz CT molecular complexity index is 1490. The molecular weight excluding hydrogens is 476 g/mol. The number of carbonyl (C=O) groups is 1. The van der Waals surface area contributed by atoms with Crippen molar-refractivity contribution in [3.63, 3.8) is 0 Å². The fourth-order valence-electron chi connectivity index (χ4n) is 4.55. The van der Waals surface area contributed by atoms with Gasteiger partial charge in [0.1, 0.15) is 5.52 Å². The van der Waals surface area contributed by atoms with Crippen molar-refractivity contribution >= 4 is 56.2 Å². The first-order valence-corrected chi connectivity index (χ1v) is 13.6. The Balaban J connectivity index is 1.20. The molecule has 0 saturated heterocycles. The molecule has 1 N–H and O–H groups in total. The molecule has 3 heterocycles. The number of thioether (sulfide) groups is 1. The molecule has 0 atom stereocenters. The van der Waals surface area contributed by atoms with Crippen molar-refractivity contribution in [3.8, 4) is 0 Å². The smallest absolute Gasteiger partial charge is 0.236 e. The molecule has 5 aromatic rings. The number of amides is 1. The summed E-state index contributed by atoms with van der Waals surface area (Å²) in [6.45, 7) is 0.784. The zero-order valence-corrected chi connectivity index (χ0v) is 20.7. The van der Waals surface area contributed by atoms with E-state index < -0.39 is 0 Å². The molecule has 35 heavy (non-hydrogen) atoms. The van der Waals surface area contributed by atoms with Crippen molar-refractivity contribution < 1.29 is 4.79 Å². The highest BCUT2D eigenvalue weighted by Crippen LogP contribution is 2.30. The van der Waals surface area contributed by atoms with E-state index in [-0.39, 0.29) is 11.7 Å². The Labute approximate surface area is 211 Å². The first-order valence-electron chi connectivity index (χ1n) is 11.8. The van der Waals surface area contributed by atoms with Gasteiger partial charge in [-0.05, 0) is 43.7 Å². The third-order valence-electron chi connectivity index (χ3n) is 6.25. The van der Waals surface area contributed by atoms with E-state index in [4.69, 9.17) is 4.98 Å². The standard InChI is InChI=1S/C26H24N6OS2/c33-22(28-25-27-19-11-5-7-13-21(19)35-25)16-34-26-29-24-23(30-31-26)18-10-4-6-12-20(18)32(24)15-14-17-8-2-1-3-9-17/h1-4,6,8-10,12H,5,7,11,13-16H2,(H,27,28,33). The summed E-state index contributed by atoms with van der Waals surface area (Å²) in [4.78, 5) is 23.3. The minimum atomic E-state index is -0.102. The van der Waals surface area contributed by atoms with E-state index in [0.29, 0.717) is 10.3 Å². The number of fused-ring (bicyclic) bond motifs is 4. The summed E-state index contributed by atoms with van der Waals surface area (Å²) < 4.78 is 2.20. The van der Waals surface area contributed by atoms with E-state index in [0.717, 1.165) is 53.6 Å². The molecule has 0 saturated carbocycles. The number of carbonyl (C=O) groups excluding carboxylic acids is 1. The first-order chi connectivity index (χ1) is 17.2. The predicted octanol–water partition coefficient (Wildman–Crippen LogP) is 5.29. The summed E-state index contributed by atoms with van der Waals surface area (Å²) >= 11 is 2.89. The lowest BCUT2D eigenvalue weighted by Gasteiger charge is -2.07. The summed E-state index contributed by atoms with van der Waals surface area (Å²) in [6, 6.07) is 18.6. The number of hydrogen-bond donors (Lipinski definition) is 1. The van der Waals surface area contributed by atoms with Gasteiger partial charge in [-0.25, -0.2) is 9.97 Å². The molecule has 9 heteroatoms. The van der Waals surface area contributed by atoms with E-state index in [1.165, 1.54) is 35.0 Å². The zero-order chi connectivity index (χ0) is 23.6. The summed E-state index contributed by atoms with van der Waals surface area (Å²) in [7, 11) is 0. The van der Waals surface area contributed by atoms with Gasteiger partial charge in [-0.1, -0.05) is 60.3 Å². The van der Waals surface area contributed by atoms with Gasteiger partial charge in [-0.15, -0.1) is 21.5 Å². The Morgan fingerprint density at radius 3 is 2.71 bits per heavy atom.